The minimum absolute atomic E-state index is 0.209. The minimum Gasteiger partial charge on any atom is -0.488 e. The Kier molecular flexibility index (Phi) is 5.04. The summed E-state index contributed by atoms with van der Waals surface area (Å²) in [5.41, 5.74) is 4.27. The maximum Gasteiger partial charge on any atom is 0.307 e. The third-order valence-electron chi connectivity index (χ3n) is 3.27. The number of para-hydroxylation sites is 1. The summed E-state index contributed by atoms with van der Waals surface area (Å²) >= 11 is 0. The molecule has 3 aromatic rings. The van der Waals surface area contributed by atoms with Crippen LogP contribution in [0.2, 0.25) is 0 Å². The lowest BCUT2D eigenvalue weighted by molar-refractivity contribution is 0.0927. The monoisotopic (exact) mass is 320 g/mol. The SMILES string of the molecule is O=C(N/N=C\c1ccccc1OCc1ccccc1)c1ccco1. The molecule has 5 nitrogen and oxygen atoms in total. The van der Waals surface area contributed by atoms with Crippen molar-refractivity contribution in [2.45, 2.75) is 6.61 Å². The minimum atomic E-state index is -0.404. The summed E-state index contributed by atoms with van der Waals surface area (Å²) in [4.78, 5) is 11.7. The average molecular weight is 320 g/mol. The van der Waals surface area contributed by atoms with Gasteiger partial charge in [-0.15, -0.1) is 0 Å². The molecule has 0 aliphatic heterocycles. The number of carbonyl (C=O) groups excluding carboxylic acids is 1. The molecule has 1 heterocycles. The Labute approximate surface area is 139 Å². The van der Waals surface area contributed by atoms with Crippen LogP contribution in [0.3, 0.4) is 0 Å². The average Bonchev–Trinajstić information content (AvgIpc) is 3.16. The van der Waals surface area contributed by atoms with Crippen LogP contribution in [0.1, 0.15) is 21.7 Å². The van der Waals surface area contributed by atoms with E-state index in [-0.39, 0.29) is 5.76 Å². The van der Waals surface area contributed by atoms with E-state index in [4.69, 9.17) is 9.15 Å². The first-order chi connectivity index (χ1) is 11.8. The third kappa shape index (κ3) is 4.10. The van der Waals surface area contributed by atoms with Gasteiger partial charge in [-0.25, -0.2) is 5.43 Å². The number of benzene rings is 2. The van der Waals surface area contributed by atoms with Crippen molar-refractivity contribution in [3.8, 4) is 5.75 Å². The van der Waals surface area contributed by atoms with Crippen LogP contribution in [0.4, 0.5) is 0 Å². The maximum atomic E-state index is 11.7. The molecule has 5 heteroatoms. The van der Waals surface area contributed by atoms with E-state index in [1.807, 2.05) is 54.6 Å². The van der Waals surface area contributed by atoms with Crippen molar-refractivity contribution in [3.05, 3.63) is 89.9 Å². The highest BCUT2D eigenvalue weighted by Gasteiger charge is 2.06. The molecule has 1 amide bonds. The Bertz CT molecular complexity index is 812. The van der Waals surface area contributed by atoms with Gasteiger partial charge in [-0.05, 0) is 29.8 Å². The van der Waals surface area contributed by atoms with Gasteiger partial charge in [-0.1, -0.05) is 42.5 Å². The lowest BCUT2D eigenvalue weighted by atomic mass is 10.2. The molecule has 0 radical (unpaired) electrons. The van der Waals surface area contributed by atoms with Crippen LogP contribution in [-0.4, -0.2) is 12.1 Å². The van der Waals surface area contributed by atoms with E-state index < -0.39 is 5.91 Å². The van der Waals surface area contributed by atoms with E-state index in [0.717, 1.165) is 11.1 Å². The van der Waals surface area contributed by atoms with Gasteiger partial charge in [0, 0.05) is 5.56 Å². The van der Waals surface area contributed by atoms with Gasteiger partial charge in [-0.3, -0.25) is 4.79 Å². The molecule has 1 aromatic heterocycles. The number of furan rings is 1. The second kappa shape index (κ2) is 7.78. The first kappa shape index (κ1) is 15.6. The summed E-state index contributed by atoms with van der Waals surface area (Å²) in [6.07, 6.45) is 2.98. The first-order valence-corrected chi connectivity index (χ1v) is 7.45. The predicted octanol–water partition coefficient (Wildman–Crippen LogP) is 3.62. The molecule has 3 rings (SSSR count). The topological polar surface area (TPSA) is 63.8 Å². The van der Waals surface area contributed by atoms with E-state index in [1.165, 1.54) is 6.26 Å². The number of nitrogens with one attached hydrogen (secondary N) is 1. The number of nitrogens with zero attached hydrogens (tertiary/aromatic N) is 1. The van der Waals surface area contributed by atoms with Gasteiger partial charge in [0.25, 0.3) is 0 Å². The Balaban J connectivity index is 1.63. The molecule has 0 aliphatic rings. The number of hydrazone groups is 1. The fraction of sp³-hybridized carbons (Fsp3) is 0.0526. The number of ether oxygens (including phenoxy) is 1. The zero-order valence-corrected chi connectivity index (χ0v) is 12.9. The molecule has 1 N–H and O–H groups in total. The fourth-order valence-electron chi connectivity index (χ4n) is 2.08. The normalized spacial score (nSPS) is 10.7. The van der Waals surface area contributed by atoms with E-state index in [1.54, 1.807) is 18.3 Å². The van der Waals surface area contributed by atoms with Gasteiger partial charge in [0.1, 0.15) is 12.4 Å². The summed E-state index contributed by atoms with van der Waals surface area (Å²) in [5, 5.41) is 3.95. The highest BCUT2D eigenvalue weighted by atomic mass is 16.5. The second-order valence-corrected chi connectivity index (χ2v) is 4.99. The third-order valence-corrected chi connectivity index (χ3v) is 3.27. The highest BCUT2D eigenvalue weighted by molar-refractivity contribution is 5.92. The molecule has 0 aliphatic carbocycles. The quantitative estimate of drug-likeness (QED) is 0.557. The van der Waals surface area contributed by atoms with Crippen LogP contribution in [0.25, 0.3) is 0 Å². The maximum absolute atomic E-state index is 11.7. The van der Waals surface area contributed by atoms with Crippen molar-refractivity contribution >= 4 is 12.1 Å². The van der Waals surface area contributed by atoms with Crippen LogP contribution in [-0.2, 0) is 6.61 Å². The van der Waals surface area contributed by atoms with Gasteiger partial charge in [0.05, 0.1) is 12.5 Å². The van der Waals surface area contributed by atoms with Crippen LogP contribution < -0.4 is 10.2 Å². The highest BCUT2D eigenvalue weighted by Crippen LogP contribution is 2.17. The standard InChI is InChI=1S/C19H16N2O3/c22-19(18-11-6-12-23-18)21-20-13-16-9-4-5-10-17(16)24-14-15-7-2-1-3-8-15/h1-13H,14H2,(H,21,22)/b20-13-. The van der Waals surface area contributed by atoms with Crippen LogP contribution in [0.15, 0.2) is 82.5 Å². The van der Waals surface area contributed by atoms with Crippen molar-refractivity contribution in [1.29, 1.82) is 0 Å². The molecule has 2 aromatic carbocycles. The zero-order chi connectivity index (χ0) is 16.6. The fourth-order valence-corrected chi connectivity index (χ4v) is 2.08. The summed E-state index contributed by atoms with van der Waals surface area (Å²) in [6, 6.07) is 20.6. The molecular weight excluding hydrogens is 304 g/mol. The molecule has 0 atom stereocenters. The first-order valence-electron chi connectivity index (χ1n) is 7.45. The van der Waals surface area contributed by atoms with E-state index in [2.05, 4.69) is 10.5 Å². The van der Waals surface area contributed by atoms with E-state index >= 15 is 0 Å². The number of hydrogen-bond donors (Lipinski definition) is 1. The van der Waals surface area contributed by atoms with Crippen molar-refractivity contribution in [2.24, 2.45) is 5.10 Å². The van der Waals surface area contributed by atoms with Gasteiger partial charge < -0.3 is 9.15 Å². The molecule has 0 bridgehead atoms. The van der Waals surface area contributed by atoms with Gasteiger partial charge in [-0.2, -0.15) is 5.10 Å². The summed E-state index contributed by atoms with van der Waals surface area (Å²) < 4.78 is 10.8. The predicted molar refractivity (Wildman–Crippen MR) is 91.0 cm³/mol. The molecule has 120 valence electrons. The largest absolute Gasteiger partial charge is 0.488 e. The van der Waals surface area contributed by atoms with Gasteiger partial charge >= 0.3 is 5.91 Å². The number of amides is 1. The molecule has 0 saturated carbocycles. The number of rotatable bonds is 6. The van der Waals surface area contributed by atoms with Crippen molar-refractivity contribution in [2.75, 3.05) is 0 Å². The Morgan fingerprint density at radius 3 is 2.62 bits per heavy atom. The van der Waals surface area contributed by atoms with E-state index in [0.29, 0.717) is 12.4 Å². The summed E-state index contributed by atoms with van der Waals surface area (Å²) in [7, 11) is 0. The second-order valence-electron chi connectivity index (χ2n) is 4.99. The van der Waals surface area contributed by atoms with Crippen molar-refractivity contribution in [3.63, 3.8) is 0 Å². The lowest BCUT2D eigenvalue weighted by Crippen LogP contribution is -2.16. The molecule has 0 fully saturated rings. The molecule has 0 spiro atoms. The zero-order valence-electron chi connectivity index (χ0n) is 12.9. The number of hydrogen-bond acceptors (Lipinski definition) is 4. The van der Waals surface area contributed by atoms with Gasteiger partial charge in [0.2, 0.25) is 0 Å². The molecule has 24 heavy (non-hydrogen) atoms. The van der Waals surface area contributed by atoms with Crippen molar-refractivity contribution < 1.29 is 13.9 Å². The van der Waals surface area contributed by atoms with Crippen LogP contribution in [0.5, 0.6) is 5.75 Å². The molecule has 0 unspecified atom stereocenters. The lowest BCUT2D eigenvalue weighted by Gasteiger charge is -2.08. The number of carbonyl (C=O) groups is 1. The molecule has 0 saturated heterocycles. The Morgan fingerprint density at radius 1 is 1.04 bits per heavy atom. The Hall–Kier alpha value is -3.34. The van der Waals surface area contributed by atoms with Crippen molar-refractivity contribution in [1.82, 2.24) is 5.43 Å². The summed E-state index contributed by atoms with van der Waals surface area (Å²) in [6.45, 7) is 0.463. The Morgan fingerprint density at radius 2 is 1.83 bits per heavy atom. The molecular formula is C19H16N2O3. The summed E-state index contributed by atoms with van der Waals surface area (Å²) in [5.74, 6) is 0.497. The van der Waals surface area contributed by atoms with Crippen LogP contribution >= 0.6 is 0 Å². The van der Waals surface area contributed by atoms with E-state index in [9.17, 15) is 4.79 Å². The smallest absolute Gasteiger partial charge is 0.307 e. The van der Waals surface area contributed by atoms with Gasteiger partial charge in [0.15, 0.2) is 5.76 Å². The van der Waals surface area contributed by atoms with Crippen LogP contribution in [0, 0.1) is 0 Å².